The molecule has 262 valence electrons. The van der Waals surface area contributed by atoms with Gasteiger partial charge in [0.25, 0.3) is 0 Å². The van der Waals surface area contributed by atoms with E-state index >= 15 is 0 Å². The normalized spacial score (nSPS) is 13.5. The molecule has 0 rings (SSSR count). The van der Waals surface area contributed by atoms with Crippen LogP contribution in [0, 0.1) is 0 Å². The van der Waals surface area contributed by atoms with E-state index in [0.29, 0.717) is 6.42 Å². The molecule has 0 aromatic heterocycles. The zero-order chi connectivity index (χ0) is 32.6. The molecule has 0 amide bonds. The molecule has 0 radical (unpaired) electrons. The Morgan fingerprint density at radius 1 is 0.591 bits per heavy atom. The molecule has 10 heteroatoms. The lowest BCUT2D eigenvalue weighted by Crippen LogP contribution is -2.29. The van der Waals surface area contributed by atoms with Gasteiger partial charge in [-0.25, -0.2) is 4.57 Å². The van der Waals surface area contributed by atoms with Gasteiger partial charge in [0.1, 0.15) is 6.61 Å². The van der Waals surface area contributed by atoms with Crippen LogP contribution in [-0.2, 0) is 32.7 Å². The minimum atomic E-state index is -4.35. The molecule has 0 aromatic carbocycles. The molecular weight excluding hydrogens is 581 g/mol. The molecule has 0 saturated carbocycles. The van der Waals surface area contributed by atoms with Crippen LogP contribution in [0.3, 0.4) is 0 Å². The Morgan fingerprint density at radius 2 is 0.977 bits per heavy atom. The summed E-state index contributed by atoms with van der Waals surface area (Å²) in [7, 11) is -4.35. The highest BCUT2D eigenvalue weighted by Crippen LogP contribution is 2.43. The molecule has 0 spiro atoms. The first-order chi connectivity index (χ1) is 21.3. The second-order valence-corrected chi connectivity index (χ2v) is 13.6. The van der Waals surface area contributed by atoms with Crippen LogP contribution in [-0.4, -0.2) is 49.3 Å². The lowest BCUT2D eigenvalue weighted by atomic mass is 10.0. The van der Waals surface area contributed by atoms with Crippen molar-refractivity contribution in [2.24, 2.45) is 5.73 Å². The van der Waals surface area contributed by atoms with Crippen molar-refractivity contribution >= 4 is 19.8 Å². The zero-order valence-electron chi connectivity index (χ0n) is 28.4. The highest BCUT2D eigenvalue weighted by Gasteiger charge is 2.25. The second kappa shape index (κ2) is 32.0. The molecule has 9 nitrogen and oxygen atoms in total. The molecule has 2 atom stereocenters. The van der Waals surface area contributed by atoms with Crippen LogP contribution < -0.4 is 5.73 Å². The Morgan fingerprint density at radius 3 is 1.39 bits per heavy atom. The molecule has 0 bridgehead atoms. The van der Waals surface area contributed by atoms with Crippen LogP contribution >= 0.6 is 7.82 Å². The van der Waals surface area contributed by atoms with E-state index in [2.05, 4.69) is 13.8 Å². The third-order valence-electron chi connectivity index (χ3n) is 7.74. The average Bonchev–Trinajstić information content (AvgIpc) is 3.00. The Bertz CT molecular complexity index is 709. The number of carbonyl (C=O) groups is 2. The molecule has 0 aromatic rings. The predicted octanol–water partition coefficient (Wildman–Crippen LogP) is 9.33. The van der Waals surface area contributed by atoms with Crippen molar-refractivity contribution in [3.05, 3.63) is 0 Å². The lowest BCUT2D eigenvalue weighted by molar-refractivity contribution is -0.161. The summed E-state index contributed by atoms with van der Waals surface area (Å²) in [5.41, 5.74) is 5.31. The Balaban J connectivity index is 4.09. The van der Waals surface area contributed by atoms with Gasteiger partial charge >= 0.3 is 19.8 Å². The van der Waals surface area contributed by atoms with Crippen molar-refractivity contribution in [1.29, 1.82) is 0 Å². The van der Waals surface area contributed by atoms with Crippen molar-refractivity contribution in [3.8, 4) is 0 Å². The summed E-state index contributed by atoms with van der Waals surface area (Å²) >= 11 is 0. The molecule has 0 aliphatic heterocycles. The number of esters is 2. The maximum absolute atomic E-state index is 12.5. The number of phosphoric acid groups is 1. The minimum Gasteiger partial charge on any atom is -0.462 e. The summed E-state index contributed by atoms with van der Waals surface area (Å²) in [6.45, 7) is 3.67. The number of ether oxygens (including phenoxy) is 2. The van der Waals surface area contributed by atoms with Crippen molar-refractivity contribution < 1.29 is 37.6 Å². The largest absolute Gasteiger partial charge is 0.472 e. The van der Waals surface area contributed by atoms with Crippen LogP contribution in [0.5, 0.6) is 0 Å². The van der Waals surface area contributed by atoms with Gasteiger partial charge in [-0.1, -0.05) is 149 Å². The standard InChI is InChI=1S/C34H68NO8P/c1-3-5-7-9-11-12-13-14-15-16-17-18-19-20-21-23-25-27-34(37)43-32(31-42-44(38,39)41-29-28-35)30-40-33(36)26-24-22-10-8-6-4-2/h32H,3-31,35H2,1-2H3,(H,38,39). The molecule has 44 heavy (non-hydrogen) atoms. The number of unbranched alkanes of at least 4 members (excludes halogenated alkanes) is 21. The summed E-state index contributed by atoms with van der Waals surface area (Å²) < 4.78 is 32.4. The molecule has 0 heterocycles. The summed E-state index contributed by atoms with van der Waals surface area (Å²) in [5.74, 6) is -0.830. The smallest absolute Gasteiger partial charge is 0.462 e. The van der Waals surface area contributed by atoms with E-state index in [-0.39, 0.29) is 38.6 Å². The Hall–Kier alpha value is -0.990. The number of hydrogen-bond acceptors (Lipinski definition) is 8. The van der Waals surface area contributed by atoms with Gasteiger partial charge in [-0.3, -0.25) is 18.6 Å². The van der Waals surface area contributed by atoms with Gasteiger partial charge < -0.3 is 20.1 Å². The topological polar surface area (TPSA) is 134 Å². The van der Waals surface area contributed by atoms with Crippen LogP contribution in [0.4, 0.5) is 0 Å². The minimum absolute atomic E-state index is 0.0573. The zero-order valence-corrected chi connectivity index (χ0v) is 29.3. The van der Waals surface area contributed by atoms with Gasteiger partial charge in [0.05, 0.1) is 13.2 Å². The number of carbonyl (C=O) groups excluding carboxylic acids is 2. The molecule has 0 fully saturated rings. The van der Waals surface area contributed by atoms with Crippen LogP contribution in [0.15, 0.2) is 0 Å². The molecule has 3 N–H and O–H groups in total. The summed E-state index contributed by atoms with van der Waals surface area (Å²) in [6.07, 6.45) is 27.3. The monoisotopic (exact) mass is 649 g/mol. The first kappa shape index (κ1) is 43.0. The fourth-order valence-electron chi connectivity index (χ4n) is 5.05. The summed E-state index contributed by atoms with van der Waals surface area (Å²) in [5, 5.41) is 0. The van der Waals surface area contributed by atoms with Gasteiger partial charge in [-0.05, 0) is 12.8 Å². The fourth-order valence-corrected chi connectivity index (χ4v) is 5.81. The van der Waals surface area contributed by atoms with Crippen molar-refractivity contribution in [3.63, 3.8) is 0 Å². The van der Waals surface area contributed by atoms with Crippen molar-refractivity contribution in [2.45, 2.75) is 180 Å². The van der Waals surface area contributed by atoms with Gasteiger partial charge in [-0.15, -0.1) is 0 Å². The lowest BCUT2D eigenvalue weighted by Gasteiger charge is -2.19. The maximum atomic E-state index is 12.5. The van der Waals surface area contributed by atoms with Crippen LogP contribution in [0.2, 0.25) is 0 Å². The summed E-state index contributed by atoms with van der Waals surface area (Å²) in [4.78, 5) is 34.4. The van der Waals surface area contributed by atoms with E-state index in [0.717, 1.165) is 38.5 Å². The van der Waals surface area contributed by atoms with Crippen molar-refractivity contribution in [2.75, 3.05) is 26.4 Å². The first-order valence-corrected chi connectivity index (χ1v) is 19.5. The molecule has 2 unspecified atom stereocenters. The molecule has 0 aliphatic rings. The van der Waals surface area contributed by atoms with E-state index < -0.39 is 26.5 Å². The van der Waals surface area contributed by atoms with Gasteiger partial charge in [0.2, 0.25) is 0 Å². The molecule has 0 saturated heterocycles. The highest BCUT2D eigenvalue weighted by molar-refractivity contribution is 7.47. The van der Waals surface area contributed by atoms with Gasteiger partial charge in [0, 0.05) is 19.4 Å². The summed E-state index contributed by atoms with van der Waals surface area (Å²) in [6, 6.07) is 0. The predicted molar refractivity (Wildman–Crippen MR) is 178 cm³/mol. The first-order valence-electron chi connectivity index (χ1n) is 18.0. The fraction of sp³-hybridized carbons (Fsp3) is 0.941. The number of nitrogens with two attached hydrogens (primary N) is 1. The molecular formula is C34H68NO8P. The third kappa shape index (κ3) is 31.0. The number of hydrogen-bond donors (Lipinski definition) is 2. The van der Waals surface area contributed by atoms with Crippen molar-refractivity contribution in [1.82, 2.24) is 0 Å². The van der Waals surface area contributed by atoms with Crippen LogP contribution in [0.25, 0.3) is 0 Å². The third-order valence-corrected chi connectivity index (χ3v) is 8.73. The van der Waals surface area contributed by atoms with Gasteiger partial charge in [0.15, 0.2) is 6.10 Å². The Kier molecular flexibility index (Phi) is 31.3. The SMILES string of the molecule is CCCCCCCCCCCCCCCCCCCC(=O)OC(COC(=O)CCCCCCCC)COP(=O)(O)OCCN. The number of rotatable bonds is 34. The van der Waals surface area contributed by atoms with E-state index in [1.165, 1.54) is 103 Å². The highest BCUT2D eigenvalue weighted by atomic mass is 31.2. The van der Waals surface area contributed by atoms with Gasteiger partial charge in [-0.2, -0.15) is 0 Å². The quantitative estimate of drug-likeness (QED) is 0.0397. The van der Waals surface area contributed by atoms with E-state index in [1.54, 1.807) is 0 Å². The maximum Gasteiger partial charge on any atom is 0.472 e. The van der Waals surface area contributed by atoms with E-state index in [9.17, 15) is 19.0 Å². The molecule has 0 aliphatic carbocycles. The number of phosphoric ester groups is 1. The van der Waals surface area contributed by atoms with Crippen LogP contribution in [0.1, 0.15) is 174 Å². The Labute approximate surface area is 269 Å². The second-order valence-electron chi connectivity index (χ2n) is 12.1. The average molecular weight is 650 g/mol. The van der Waals surface area contributed by atoms with E-state index in [1.807, 2.05) is 0 Å². The van der Waals surface area contributed by atoms with E-state index in [4.69, 9.17) is 24.3 Å².